The van der Waals surface area contributed by atoms with Crippen molar-refractivity contribution < 1.29 is 13.2 Å². The van der Waals surface area contributed by atoms with Gasteiger partial charge in [-0.2, -0.15) is 4.31 Å². The Hall–Kier alpha value is -1.37. The van der Waals surface area contributed by atoms with Crippen molar-refractivity contribution in [3.8, 4) is 5.75 Å². The van der Waals surface area contributed by atoms with Crippen LogP contribution in [0.1, 0.15) is 12.8 Å². The van der Waals surface area contributed by atoms with Gasteiger partial charge < -0.3 is 4.74 Å². The molecule has 3 rings (SSSR count). The highest BCUT2D eigenvalue weighted by molar-refractivity contribution is 7.91. The van der Waals surface area contributed by atoms with E-state index >= 15 is 0 Å². The molecular formula is C15H17NO3S2. The van der Waals surface area contributed by atoms with E-state index < -0.39 is 10.0 Å². The number of benzene rings is 1. The fourth-order valence-electron chi connectivity index (χ4n) is 2.45. The molecule has 21 heavy (non-hydrogen) atoms. The van der Waals surface area contributed by atoms with Gasteiger partial charge in [0.15, 0.2) is 0 Å². The Kier molecular flexibility index (Phi) is 4.28. The highest BCUT2D eigenvalue weighted by atomic mass is 32.2. The highest BCUT2D eigenvalue weighted by Crippen LogP contribution is 2.25. The average Bonchev–Trinajstić information content (AvgIpc) is 3.04. The summed E-state index contributed by atoms with van der Waals surface area (Å²) in [6.07, 6.45) is 1.61. The molecule has 1 aromatic heterocycles. The summed E-state index contributed by atoms with van der Waals surface area (Å²) in [7, 11) is -3.37. The van der Waals surface area contributed by atoms with Crippen molar-refractivity contribution in [2.45, 2.75) is 23.2 Å². The van der Waals surface area contributed by atoms with Gasteiger partial charge in [0.05, 0.1) is 6.54 Å². The lowest BCUT2D eigenvalue weighted by Gasteiger charge is -2.31. The molecule has 0 spiro atoms. The van der Waals surface area contributed by atoms with Crippen LogP contribution in [0.25, 0.3) is 0 Å². The molecule has 4 nitrogen and oxygen atoms in total. The van der Waals surface area contributed by atoms with Gasteiger partial charge in [0.25, 0.3) is 10.0 Å². The highest BCUT2D eigenvalue weighted by Gasteiger charge is 2.31. The van der Waals surface area contributed by atoms with Gasteiger partial charge in [-0.3, -0.25) is 0 Å². The predicted molar refractivity (Wildman–Crippen MR) is 83.2 cm³/mol. The molecule has 1 saturated heterocycles. The van der Waals surface area contributed by atoms with E-state index in [1.807, 2.05) is 30.3 Å². The molecule has 1 atom stereocenters. The van der Waals surface area contributed by atoms with Crippen LogP contribution in [0.5, 0.6) is 5.75 Å². The zero-order valence-electron chi connectivity index (χ0n) is 11.5. The van der Waals surface area contributed by atoms with Crippen LogP contribution in [-0.2, 0) is 10.0 Å². The van der Waals surface area contributed by atoms with Gasteiger partial charge in [0.1, 0.15) is 16.1 Å². The summed E-state index contributed by atoms with van der Waals surface area (Å²) in [5.74, 6) is 0.790. The number of ether oxygens (including phenoxy) is 1. The SMILES string of the molecule is O=S(=O)(c1cccs1)N1CCCC(Oc2ccccc2)C1. The lowest BCUT2D eigenvalue weighted by atomic mass is 10.1. The Morgan fingerprint density at radius 2 is 1.95 bits per heavy atom. The van der Waals surface area contributed by atoms with E-state index in [4.69, 9.17) is 4.74 Å². The Labute approximate surface area is 129 Å². The summed E-state index contributed by atoms with van der Waals surface area (Å²) < 4.78 is 32.9. The molecular weight excluding hydrogens is 306 g/mol. The molecule has 0 N–H and O–H groups in total. The van der Waals surface area contributed by atoms with Gasteiger partial charge in [-0.05, 0) is 36.4 Å². The summed E-state index contributed by atoms with van der Waals surface area (Å²) in [4.78, 5) is 0. The zero-order chi connectivity index (χ0) is 14.7. The van der Waals surface area contributed by atoms with E-state index in [0.717, 1.165) is 18.6 Å². The monoisotopic (exact) mass is 323 g/mol. The van der Waals surface area contributed by atoms with Crippen molar-refractivity contribution in [1.82, 2.24) is 4.31 Å². The minimum Gasteiger partial charge on any atom is -0.489 e. The molecule has 1 aromatic carbocycles. The Morgan fingerprint density at radius 3 is 2.67 bits per heavy atom. The molecule has 1 aliphatic rings. The van der Waals surface area contributed by atoms with Gasteiger partial charge in [-0.25, -0.2) is 8.42 Å². The normalized spacial score (nSPS) is 20.3. The van der Waals surface area contributed by atoms with Gasteiger partial charge in [-0.1, -0.05) is 24.3 Å². The summed E-state index contributed by atoms with van der Waals surface area (Å²) in [6.45, 7) is 0.976. The minimum atomic E-state index is -3.37. The van der Waals surface area contributed by atoms with Gasteiger partial charge in [0.2, 0.25) is 0 Å². The summed E-state index contributed by atoms with van der Waals surface area (Å²) in [5, 5.41) is 1.79. The largest absolute Gasteiger partial charge is 0.489 e. The molecule has 0 amide bonds. The first-order chi connectivity index (χ1) is 10.2. The summed E-state index contributed by atoms with van der Waals surface area (Å²) in [5.41, 5.74) is 0. The Bertz CT molecular complexity index is 668. The second kappa shape index (κ2) is 6.17. The first-order valence-electron chi connectivity index (χ1n) is 6.91. The molecule has 112 valence electrons. The fraction of sp³-hybridized carbons (Fsp3) is 0.333. The van der Waals surface area contributed by atoms with Crippen LogP contribution >= 0.6 is 11.3 Å². The van der Waals surface area contributed by atoms with Crippen LogP contribution in [0.15, 0.2) is 52.1 Å². The van der Waals surface area contributed by atoms with E-state index in [2.05, 4.69) is 0 Å². The van der Waals surface area contributed by atoms with Crippen LogP contribution in [0.3, 0.4) is 0 Å². The molecule has 2 aromatic rings. The van der Waals surface area contributed by atoms with Crippen LogP contribution < -0.4 is 4.74 Å². The van der Waals surface area contributed by atoms with E-state index in [9.17, 15) is 8.42 Å². The van der Waals surface area contributed by atoms with Crippen molar-refractivity contribution >= 4 is 21.4 Å². The third-order valence-corrected chi connectivity index (χ3v) is 6.71. The van der Waals surface area contributed by atoms with Crippen molar-refractivity contribution in [2.75, 3.05) is 13.1 Å². The first kappa shape index (κ1) is 14.6. The van der Waals surface area contributed by atoms with Gasteiger partial charge in [-0.15, -0.1) is 11.3 Å². The lowest BCUT2D eigenvalue weighted by Crippen LogP contribution is -2.44. The molecule has 0 saturated carbocycles. The number of hydrogen-bond acceptors (Lipinski definition) is 4. The Balaban J connectivity index is 1.71. The van der Waals surface area contributed by atoms with Gasteiger partial charge >= 0.3 is 0 Å². The smallest absolute Gasteiger partial charge is 0.252 e. The van der Waals surface area contributed by atoms with Crippen molar-refractivity contribution in [1.29, 1.82) is 0 Å². The van der Waals surface area contributed by atoms with E-state index in [-0.39, 0.29) is 6.10 Å². The fourth-order valence-corrected chi connectivity index (χ4v) is 5.10. The molecule has 2 heterocycles. The number of piperidine rings is 1. The number of hydrogen-bond donors (Lipinski definition) is 0. The molecule has 0 bridgehead atoms. The molecule has 1 aliphatic heterocycles. The quantitative estimate of drug-likeness (QED) is 0.869. The van der Waals surface area contributed by atoms with E-state index in [1.54, 1.807) is 17.5 Å². The number of sulfonamides is 1. The predicted octanol–water partition coefficient (Wildman–Crippen LogP) is 2.98. The van der Waals surface area contributed by atoms with Crippen LogP contribution in [0.2, 0.25) is 0 Å². The molecule has 1 fully saturated rings. The topological polar surface area (TPSA) is 46.6 Å². The van der Waals surface area contributed by atoms with Crippen molar-refractivity contribution in [2.24, 2.45) is 0 Å². The van der Waals surface area contributed by atoms with Crippen LogP contribution in [-0.4, -0.2) is 31.9 Å². The maximum absolute atomic E-state index is 12.5. The Morgan fingerprint density at radius 1 is 1.14 bits per heavy atom. The molecule has 0 aliphatic carbocycles. The van der Waals surface area contributed by atoms with E-state index in [0.29, 0.717) is 17.3 Å². The summed E-state index contributed by atoms with van der Waals surface area (Å²) >= 11 is 1.26. The average molecular weight is 323 g/mol. The van der Waals surface area contributed by atoms with E-state index in [1.165, 1.54) is 15.6 Å². The zero-order valence-corrected chi connectivity index (χ0v) is 13.1. The number of para-hydroxylation sites is 1. The lowest BCUT2D eigenvalue weighted by molar-refractivity contribution is 0.130. The third-order valence-electron chi connectivity index (χ3n) is 3.48. The second-order valence-corrected chi connectivity index (χ2v) is 8.10. The van der Waals surface area contributed by atoms with Gasteiger partial charge in [0, 0.05) is 6.54 Å². The van der Waals surface area contributed by atoms with Crippen LogP contribution in [0, 0.1) is 0 Å². The first-order valence-corrected chi connectivity index (χ1v) is 9.23. The second-order valence-electron chi connectivity index (χ2n) is 4.99. The minimum absolute atomic E-state index is 0.0871. The third kappa shape index (κ3) is 3.28. The summed E-state index contributed by atoms with van der Waals surface area (Å²) in [6, 6.07) is 13.0. The standard InChI is InChI=1S/C15H17NO3S2/c17-21(18,15-9-5-11-20-15)16-10-4-8-14(12-16)19-13-6-2-1-3-7-13/h1-3,5-7,9,11,14H,4,8,10,12H2. The number of rotatable bonds is 4. The van der Waals surface area contributed by atoms with Crippen molar-refractivity contribution in [3.05, 3.63) is 47.8 Å². The number of thiophene rings is 1. The van der Waals surface area contributed by atoms with Crippen molar-refractivity contribution in [3.63, 3.8) is 0 Å². The van der Waals surface area contributed by atoms with Crippen LogP contribution in [0.4, 0.5) is 0 Å². The molecule has 1 unspecified atom stereocenters. The maximum atomic E-state index is 12.5. The maximum Gasteiger partial charge on any atom is 0.252 e. The molecule has 0 radical (unpaired) electrons. The molecule has 6 heteroatoms. The number of nitrogens with zero attached hydrogens (tertiary/aromatic N) is 1.